The molecule has 6 heteroatoms. The Morgan fingerprint density at radius 2 is 0.827 bits per heavy atom. The lowest BCUT2D eigenvalue weighted by Crippen LogP contribution is -2.40. The Labute approximate surface area is 306 Å². The van der Waals surface area contributed by atoms with Crippen LogP contribution in [0, 0.1) is 13.8 Å². The van der Waals surface area contributed by atoms with E-state index in [0.29, 0.717) is 22.5 Å². The third-order valence-corrected chi connectivity index (χ3v) is 18.5. The van der Waals surface area contributed by atoms with Crippen molar-refractivity contribution < 1.29 is 10.2 Å². The van der Waals surface area contributed by atoms with E-state index in [4.69, 9.17) is 9.97 Å². The zero-order valence-electron chi connectivity index (χ0n) is 30.3. The van der Waals surface area contributed by atoms with Crippen LogP contribution in [0.3, 0.4) is 0 Å². The monoisotopic (exact) mass is 708 g/mol. The predicted octanol–water partition coefficient (Wildman–Crippen LogP) is 10.2. The number of aromatic nitrogens is 2. The van der Waals surface area contributed by atoms with Gasteiger partial charge in [0.15, 0.2) is 0 Å². The Kier molecular flexibility index (Phi) is 7.14. The number of hydrogen-bond donors (Lipinski definition) is 2. The highest BCUT2D eigenvalue weighted by atomic mass is 28.3. The zero-order valence-corrected chi connectivity index (χ0v) is 32.3. The van der Waals surface area contributed by atoms with Crippen LogP contribution in [0.15, 0.2) is 109 Å². The fourth-order valence-electron chi connectivity index (χ4n) is 8.60. The second-order valence-corrected chi connectivity index (χ2v) is 24.2. The summed E-state index contributed by atoms with van der Waals surface area (Å²) >= 11 is 0. The number of phenols is 2. The van der Waals surface area contributed by atoms with E-state index in [2.05, 4.69) is 137 Å². The molecule has 0 atom stereocenters. The fourth-order valence-corrected chi connectivity index (χ4v) is 14.7. The van der Waals surface area contributed by atoms with E-state index in [0.717, 1.165) is 44.1 Å². The summed E-state index contributed by atoms with van der Waals surface area (Å²) in [5.41, 5.74) is 10.8. The molecule has 2 aromatic heterocycles. The minimum atomic E-state index is -2.03. The van der Waals surface area contributed by atoms with Crippen LogP contribution in [0.1, 0.15) is 33.4 Å². The summed E-state index contributed by atoms with van der Waals surface area (Å²) in [6.45, 7) is 13.6. The van der Waals surface area contributed by atoms with Crippen molar-refractivity contribution >= 4 is 70.9 Å². The Morgan fingerprint density at radius 1 is 0.462 bits per heavy atom. The molecule has 0 aliphatic carbocycles. The molecular weight excluding hydrogens is 669 g/mol. The SMILES string of the molecule is Cc1cc(C2=Cc3ccccc3[Si]2(C)C)c(O)c(-c2ccc3ccc4ccc(-c5cc(C)cc(C6=Cc7ccccc7[Si]6(C)C)c5O)nc4c3n2)c1. The summed E-state index contributed by atoms with van der Waals surface area (Å²) in [6.07, 6.45) is 4.54. The number of benzene rings is 5. The lowest BCUT2D eigenvalue weighted by atomic mass is 9.99. The van der Waals surface area contributed by atoms with Crippen LogP contribution in [0.5, 0.6) is 11.5 Å². The molecule has 5 aromatic carbocycles. The highest BCUT2D eigenvalue weighted by Crippen LogP contribution is 2.45. The van der Waals surface area contributed by atoms with E-state index in [1.807, 2.05) is 24.3 Å². The van der Waals surface area contributed by atoms with E-state index < -0.39 is 16.1 Å². The number of pyridine rings is 2. The average Bonchev–Trinajstić information content (AvgIpc) is 3.57. The van der Waals surface area contributed by atoms with Crippen molar-refractivity contribution in [2.45, 2.75) is 40.0 Å². The van der Waals surface area contributed by atoms with Gasteiger partial charge in [-0.1, -0.05) is 111 Å². The van der Waals surface area contributed by atoms with Gasteiger partial charge in [-0.05, 0) is 93.3 Å². The molecule has 4 heterocycles. The maximum atomic E-state index is 12.0. The Hall–Kier alpha value is -5.57. The Balaban J connectivity index is 1.17. The summed E-state index contributed by atoms with van der Waals surface area (Å²) < 4.78 is 0. The topological polar surface area (TPSA) is 66.2 Å². The molecule has 0 fully saturated rings. The minimum Gasteiger partial charge on any atom is -0.507 e. The normalized spacial score (nSPS) is 15.4. The largest absolute Gasteiger partial charge is 0.507 e. The molecule has 0 radical (unpaired) electrons. The quantitative estimate of drug-likeness (QED) is 0.141. The van der Waals surface area contributed by atoms with E-state index in [1.165, 1.54) is 31.9 Å². The minimum absolute atomic E-state index is 0.262. The van der Waals surface area contributed by atoms with Gasteiger partial charge in [-0.25, -0.2) is 9.97 Å². The molecular formula is C46H40N2O2Si2. The van der Waals surface area contributed by atoms with Gasteiger partial charge in [-0.3, -0.25) is 0 Å². The summed E-state index contributed by atoms with van der Waals surface area (Å²) in [4.78, 5) is 10.4. The number of fused-ring (bicyclic) bond motifs is 5. The van der Waals surface area contributed by atoms with Crippen molar-refractivity contribution in [1.82, 2.24) is 9.97 Å². The van der Waals surface area contributed by atoms with Gasteiger partial charge in [0.25, 0.3) is 0 Å². The lowest BCUT2D eigenvalue weighted by Gasteiger charge is -2.24. The Morgan fingerprint density at radius 3 is 1.23 bits per heavy atom. The van der Waals surface area contributed by atoms with E-state index in [-0.39, 0.29) is 11.5 Å². The highest BCUT2D eigenvalue weighted by molar-refractivity contribution is 7.07. The van der Waals surface area contributed by atoms with Gasteiger partial charge in [-0.15, -0.1) is 0 Å². The van der Waals surface area contributed by atoms with Crippen LogP contribution >= 0.6 is 0 Å². The lowest BCUT2D eigenvalue weighted by molar-refractivity contribution is 0.475. The van der Waals surface area contributed by atoms with Gasteiger partial charge in [0.2, 0.25) is 0 Å². The Bertz CT molecular complexity index is 2550. The van der Waals surface area contributed by atoms with Crippen LogP contribution in [-0.2, 0) is 0 Å². The molecule has 2 aliphatic rings. The van der Waals surface area contributed by atoms with Gasteiger partial charge >= 0.3 is 0 Å². The number of phenolic OH excluding ortho intramolecular Hbond substituents is 2. The molecule has 0 unspecified atom stereocenters. The second kappa shape index (κ2) is 11.5. The standard InChI is InChI=1S/C46H40N2O2Si2/c1-27-21-33(45(49)35(23-27)41-25-31-11-7-9-13-39(31)51(41,3)4)37-19-17-29-15-16-30-18-20-38(48-44(30)43(29)47-37)34-22-28(2)24-36(46(34)50)42-26-32-12-8-10-14-40(32)52(42,5)6/h7-26,49-50H,1-6H3. The maximum Gasteiger partial charge on any atom is 0.132 e. The molecule has 0 saturated heterocycles. The number of rotatable bonds is 4. The van der Waals surface area contributed by atoms with Gasteiger partial charge in [0.1, 0.15) is 27.6 Å². The summed E-state index contributed by atoms with van der Waals surface area (Å²) in [5.74, 6) is 0.524. The van der Waals surface area contributed by atoms with Crippen molar-refractivity contribution in [3.05, 3.63) is 143 Å². The molecule has 52 heavy (non-hydrogen) atoms. The first-order chi connectivity index (χ1) is 24.9. The number of hydrogen-bond acceptors (Lipinski definition) is 4. The number of aryl methyl sites for hydroxylation is 2. The molecule has 2 aliphatic heterocycles. The van der Waals surface area contributed by atoms with E-state index >= 15 is 0 Å². The molecule has 0 spiro atoms. The molecule has 4 nitrogen and oxygen atoms in total. The van der Waals surface area contributed by atoms with Crippen LogP contribution in [-0.4, -0.2) is 36.3 Å². The van der Waals surface area contributed by atoms with Crippen LogP contribution < -0.4 is 10.4 Å². The molecule has 7 aromatic rings. The first kappa shape index (κ1) is 32.3. The molecule has 0 bridgehead atoms. The van der Waals surface area contributed by atoms with Crippen molar-refractivity contribution in [1.29, 1.82) is 0 Å². The van der Waals surface area contributed by atoms with Crippen LogP contribution in [0.4, 0.5) is 0 Å². The third-order valence-electron chi connectivity index (χ3n) is 11.4. The first-order valence-electron chi connectivity index (χ1n) is 17.9. The first-order valence-corrected chi connectivity index (χ1v) is 23.9. The van der Waals surface area contributed by atoms with Gasteiger partial charge in [0, 0.05) is 33.0 Å². The second-order valence-electron chi connectivity index (χ2n) is 15.6. The fraction of sp³-hybridized carbons (Fsp3) is 0.130. The summed E-state index contributed by atoms with van der Waals surface area (Å²) in [5, 5.41) is 31.1. The van der Waals surface area contributed by atoms with Gasteiger partial charge in [0.05, 0.1) is 22.4 Å². The molecule has 9 rings (SSSR count). The maximum absolute atomic E-state index is 12.0. The number of nitrogens with zero attached hydrogens (tertiary/aromatic N) is 2. The predicted molar refractivity (Wildman–Crippen MR) is 224 cm³/mol. The van der Waals surface area contributed by atoms with E-state index in [1.54, 1.807) is 0 Å². The van der Waals surface area contributed by atoms with Gasteiger partial charge in [-0.2, -0.15) is 0 Å². The van der Waals surface area contributed by atoms with Crippen LogP contribution in [0.25, 0.3) is 66.9 Å². The van der Waals surface area contributed by atoms with Crippen molar-refractivity contribution in [3.8, 4) is 34.0 Å². The number of aromatic hydroxyl groups is 2. The molecule has 0 amide bonds. The van der Waals surface area contributed by atoms with Crippen molar-refractivity contribution in [2.24, 2.45) is 0 Å². The molecule has 254 valence electrons. The summed E-state index contributed by atoms with van der Waals surface area (Å²) in [6, 6.07) is 37.8. The molecule has 0 saturated carbocycles. The van der Waals surface area contributed by atoms with E-state index in [9.17, 15) is 10.2 Å². The zero-order chi connectivity index (χ0) is 36.1. The average molecular weight is 709 g/mol. The summed E-state index contributed by atoms with van der Waals surface area (Å²) in [7, 11) is -4.05. The van der Waals surface area contributed by atoms with Crippen molar-refractivity contribution in [3.63, 3.8) is 0 Å². The van der Waals surface area contributed by atoms with Crippen molar-refractivity contribution in [2.75, 3.05) is 0 Å². The van der Waals surface area contributed by atoms with Gasteiger partial charge < -0.3 is 10.2 Å². The highest BCUT2D eigenvalue weighted by Gasteiger charge is 2.38. The third kappa shape index (κ3) is 4.85. The molecule has 2 N–H and O–H groups in total. The van der Waals surface area contributed by atoms with Crippen LogP contribution in [0.2, 0.25) is 26.2 Å². The smallest absolute Gasteiger partial charge is 0.132 e.